The van der Waals surface area contributed by atoms with Gasteiger partial charge in [-0.05, 0) is 30.4 Å². The van der Waals surface area contributed by atoms with Gasteiger partial charge >= 0.3 is 6.09 Å². The van der Waals surface area contributed by atoms with Crippen LogP contribution in [0.1, 0.15) is 32.6 Å². The van der Waals surface area contributed by atoms with Gasteiger partial charge in [0.1, 0.15) is 11.1 Å². The molecule has 0 atom stereocenters. The summed E-state index contributed by atoms with van der Waals surface area (Å²) >= 11 is 2.70. The van der Waals surface area contributed by atoms with Crippen LogP contribution in [0.5, 0.6) is 0 Å². The van der Waals surface area contributed by atoms with Crippen molar-refractivity contribution in [1.29, 1.82) is 5.26 Å². The maximum atomic E-state index is 12.2. The number of nitriles is 1. The first kappa shape index (κ1) is 16.5. The lowest BCUT2D eigenvalue weighted by molar-refractivity contribution is 0.102. The molecular formula is C16H15N3O3S2. The minimum Gasteiger partial charge on any atom is -0.450 e. The Labute approximate surface area is 147 Å². The third kappa shape index (κ3) is 3.13. The van der Waals surface area contributed by atoms with Crippen LogP contribution in [-0.4, -0.2) is 30.1 Å². The molecule has 2 aromatic heterocycles. The number of rotatable bonds is 3. The Hall–Kier alpha value is -2.37. The zero-order valence-electron chi connectivity index (χ0n) is 13.0. The molecule has 8 heteroatoms. The normalized spacial score (nSPS) is 13.1. The zero-order chi connectivity index (χ0) is 17.1. The summed E-state index contributed by atoms with van der Waals surface area (Å²) in [5, 5.41) is 14.7. The molecule has 0 aromatic carbocycles. The van der Waals surface area contributed by atoms with Gasteiger partial charge in [0.2, 0.25) is 0 Å². The number of carbonyl (C=O) groups is 2. The molecule has 1 N–H and O–H groups in total. The Bertz CT molecular complexity index is 805. The molecule has 0 bridgehead atoms. The molecule has 1 aliphatic rings. The van der Waals surface area contributed by atoms with E-state index in [1.54, 1.807) is 24.0 Å². The monoisotopic (exact) mass is 361 g/mol. The number of hydrogen-bond donors (Lipinski definition) is 1. The van der Waals surface area contributed by atoms with Crippen LogP contribution in [0.15, 0.2) is 17.5 Å². The van der Waals surface area contributed by atoms with Crippen molar-refractivity contribution in [3.63, 3.8) is 0 Å². The summed E-state index contributed by atoms with van der Waals surface area (Å²) in [5.74, 6) is -0.220. The number of anilines is 1. The van der Waals surface area contributed by atoms with E-state index in [9.17, 15) is 14.9 Å². The Morgan fingerprint density at radius 2 is 2.33 bits per heavy atom. The summed E-state index contributed by atoms with van der Waals surface area (Å²) in [6.07, 6.45) is 0.238. The van der Waals surface area contributed by atoms with E-state index in [2.05, 4.69) is 11.4 Å². The maximum absolute atomic E-state index is 12.2. The first-order valence-electron chi connectivity index (χ1n) is 7.45. The zero-order valence-corrected chi connectivity index (χ0v) is 14.6. The van der Waals surface area contributed by atoms with Gasteiger partial charge in [-0.1, -0.05) is 6.07 Å². The molecule has 0 spiro atoms. The third-order valence-corrected chi connectivity index (χ3v) is 5.67. The molecule has 0 unspecified atom stereocenters. The Morgan fingerprint density at radius 1 is 1.50 bits per heavy atom. The van der Waals surface area contributed by atoms with Crippen molar-refractivity contribution in [2.45, 2.75) is 19.9 Å². The molecule has 2 amide bonds. The predicted molar refractivity (Wildman–Crippen MR) is 92.4 cm³/mol. The van der Waals surface area contributed by atoms with Crippen LogP contribution in [-0.2, 0) is 17.7 Å². The Morgan fingerprint density at radius 3 is 3.00 bits per heavy atom. The molecule has 2 aromatic rings. The van der Waals surface area contributed by atoms with Crippen molar-refractivity contribution in [1.82, 2.24) is 4.90 Å². The molecule has 24 heavy (non-hydrogen) atoms. The predicted octanol–water partition coefficient (Wildman–Crippen LogP) is 3.45. The van der Waals surface area contributed by atoms with Gasteiger partial charge in [-0.2, -0.15) is 5.26 Å². The first-order valence-corrected chi connectivity index (χ1v) is 9.14. The van der Waals surface area contributed by atoms with Crippen molar-refractivity contribution in [2.75, 3.05) is 18.5 Å². The van der Waals surface area contributed by atoms with Gasteiger partial charge in [-0.25, -0.2) is 4.79 Å². The van der Waals surface area contributed by atoms with Crippen LogP contribution in [0, 0.1) is 11.3 Å². The average Bonchev–Trinajstić information content (AvgIpc) is 3.21. The fraction of sp³-hybridized carbons (Fsp3) is 0.312. The number of nitrogens with one attached hydrogen (secondary N) is 1. The minimum atomic E-state index is -0.348. The van der Waals surface area contributed by atoms with Gasteiger partial charge in [0.25, 0.3) is 5.91 Å². The van der Waals surface area contributed by atoms with E-state index in [0.717, 1.165) is 10.4 Å². The highest BCUT2D eigenvalue weighted by atomic mass is 32.1. The number of fused-ring (bicyclic) bond motifs is 1. The topological polar surface area (TPSA) is 82.4 Å². The maximum Gasteiger partial charge on any atom is 0.410 e. The molecule has 0 radical (unpaired) electrons. The van der Waals surface area contributed by atoms with Crippen LogP contribution >= 0.6 is 22.7 Å². The standard InChI is InChI=1S/C16H15N3O3S2/c1-2-22-16(21)19-6-5-10-11(8-17)15(24-13(10)9-19)18-14(20)12-4-3-7-23-12/h3-4,7H,2,5-6,9H2,1H3,(H,18,20). The van der Waals surface area contributed by atoms with E-state index in [4.69, 9.17) is 4.74 Å². The summed E-state index contributed by atoms with van der Waals surface area (Å²) in [4.78, 5) is 27.2. The van der Waals surface area contributed by atoms with E-state index in [0.29, 0.717) is 41.6 Å². The van der Waals surface area contributed by atoms with Crippen LogP contribution in [0.25, 0.3) is 0 Å². The van der Waals surface area contributed by atoms with Gasteiger partial charge in [-0.15, -0.1) is 22.7 Å². The summed E-state index contributed by atoms with van der Waals surface area (Å²) in [7, 11) is 0. The van der Waals surface area contributed by atoms with Crippen molar-refractivity contribution in [2.24, 2.45) is 0 Å². The van der Waals surface area contributed by atoms with Crippen LogP contribution in [0.2, 0.25) is 0 Å². The van der Waals surface area contributed by atoms with Crippen LogP contribution in [0.4, 0.5) is 9.80 Å². The summed E-state index contributed by atoms with van der Waals surface area (Å²) in [6, 6.07) is 5.73. The number of ether oxygens (including phenoxy) is 1. The lowest BCUT2D eigenvalue weighted by atomic mass is 10.0. The summed E-state index contributed by atoms with van der Waals surface area (Å²) < 4.78 is 5.03. The largest absolute Gasteiger partial charge is 0.450 e. The quantitative estimate of drug-likeness (QED) is 0.908. The Balaban J connectivity index is 1.82. The van der Waals surface area contributed by atoms with E-state index in [-0.39, 0.29) is 12.0 Å². The molecular weight excluding hydrogens is 346 g/mol. The fourth-order valence-corrected chi connectivity index (χ4v) is 4.38. The van der Waals surface area contributed by atoms with Gasteiger partial charge in [-0.3, -0.25) is 4.79 Å². The lowest BCUT2D eigenvalue weighted by Crippen LogP contribution is -2.35. The van der Waals surface area contributed by atoms with Gasteiger partial charge in [0.15, 0.2) is 0 Å². The van der Waals surface area contributed by atoms with Crippen LogP contribution in [0.3, 0.4) is 0 Å². The summed E-state index contributed by atoms with van der Waals surface area (Å²) in [6.45, 7) is 3.01. The summed E-state index contributed by atoms with van der Waals surface area (Å²) in [5.41, 5.74) is 1.42. The number of thiophene rings is 2. The van der Waals surface area contributed by atoms with E-state index in [1.165, 1.54) is 22.7 Å². The van der Waals surface area contributed by atoms with Gasteiger partial charge in [0.05, 0.1) is 23.6 Å². The van der Waals surface area contributed by atoms with Gasteiger partial charge < -0.3 is 15.0 Å². The lowest BCUT2D eigenvalue weighted by Gasteiger charge is -2.25. The number of hydrogen-bond acceptors (Lipinski definition) is 6. The van der Waals surface area contributed by atoms with Crippen molar-refractivity contribution < 1.29 is 14.3 Å². The van der Waals surface area contributed by atoms with Crippen molar-refractivity contribution in [3.05, 3.63) is 38.4 Å². The number of nitrogens with zero attached hydrogens (tertiary/aromatic N) is 2. The van der Waals surface area contributed by atoms with Gasteiger partial charge in [0, 0.05) is 11.4 Å². The molecule has 0 saturated heterocycles. The molecule has 0 fully saturated rings. The molecule has 3 rings (SSSR count). The average molecular weight is 361 g/mol. The molecule has 1 aliphatic heterocycles. The Kier molecular flexibility index (Phi) is 4.83. The highest BCUT2D eigenvalue weighted by Crippen LogP contribution is 2.37. The first-order chi connectivity index (χ1) is 11.6. The molecule has 6 nitrogen and oxygen atoms in total. The smallest absolute Gasteiger partial charge is 0.410 e. The van der Waals surface area contributed by atoms with Crippen molar-refractivity contribution >= 4 is 39.7 Å². The molecule has 3 heterocycles. The molecule has 124 valence electrons. The van der Waals surface area contributed by atoms with E-state index >= 15 is 0 Å². The van der Waals surface area contributed by atoms with Crippen molar-refractivity contribution in [3.8, 4) is 6.07 Å². The van der Waals surface area contributed by atoms with E-state index in [1.807, 2.05) is 5.38 Å². The SMILES string of the molecule is CCOC(=O)N1CCc2c(sc(NC(=O)c3cccs3)c2C#N)C1. The number of amides is 2. The molecule has 0 aliphatic carbocycles. The minimum absolute atomic E-state index is 0.220. The highest BCUT2D eigenvalue weighted by Gasteiger charge is 2.28. The highest BCUT2D eigenvalue weighted by molar-refractivity contribution is 7.17. The van der Waals surface area contributed by atoms with Crippen LogP contribution < -0.4 is 5.32 Å². The molecule has 0 saturated carbocycles. The van der Waals surface area contributed by atoms with E-state index < -0.39 is 0 Å². The third-order valence-electron chi connectivity index (χ3n) is 3.67. The number of carbonyl (C=O) groups excluding carboxylic acids is 2. The second kappa shape index (κ2) is 7.03. The fourth-order valence-electron chi connectivity index (χ4n) is 2.55. The second-order valence-corrected chi connectivity index (χ2v) is 7.17. The second-order valence-electron chi connectivity index (χ2n) is 5.12.